The van der Waals surface area contributed by atoms with E-state index in [9.17, 15) is 19.2 Å². The molecule has 2 aliphatic rings. The van der Waals surface area contributed by atoms with Gasteiger partial charge in [0.25, 0.3) is 0 Å². The van der Waals surface area contributed by atoms with Crippen molar-refractivity contribution in [2.75, 3.05) is 34.6 Å². The molecule has 0 spiro atoms. The summed E-state index contributed by atoms with van der Waals surface area (Å²) >= 11 is 11.0. The molecule has 0 aromatic heterocycles. The van der Waals surface area contributed by atoms with Gasteiger partial charge in [-0.05, 0) is 60.4 Å². The van der Waals surface area contributed by atoms with Crippen LogP contribution in [-0.2, 0) is 22.4 Å². The van der Waals surface area contributed by atoms with Crippen LogP contribution < -0.4 is 9.80 Å². The molecule has 2 aliphatic heterocycles. The minimum atomic E-state index is -0.0780. The first-order valence-corrected chi connectivity index (χ1v) is 11.3. The molecule has 2 aromatic rings. The Morgan fingerprint density at radius 2 is 1.09 bits per heavy atom. The zero-order valence-electron chi connectivity index (χ0n) is 18.0. The van der Waals surface area contributed by atoms with Crippen molar-refractivity contribution in [1.82, 2.24) is 0 Å². The monoisotopic (exact) mass is 474 g/mol. The van der Waals surface area contributed by atoms with Gasteiger partial charge in [-0.2, -0.15) is 0 Å². The van der Waals surface area contributed by atoms with E-state index in [4.69, 9.17) is 23.2 Å². The Bertz CT molecular complexity index is 998. The van der Waals surface area contributed by atoms with Crippen LogP contribution in [0.25, 0.3) is 0 Å². The summed E-state index contributed by atoms with van der Waals surface area (Å²) in [5, 5.41) is 0. The van der Waals surface area contributed by atoms with Crippen LogP contribution in [0.3, 0.4) is 0 Å². The molecule has 6 nitrogen and oxygen atoms in total. The molecular formula is C24H24Cl2N2O4. The van der Waals surface area contributed by atoms with E-state index in [1.165, 1.54) is 0 Å². The zero-order chi connectivity index (χ0) is 23.4. The maximum atomic E-state index is 11.4. The Hall–Kier alpha value is -2.70. The van der Waals surface area contributed by atoms with E-state index < -0.39 is 0 Å². The number of fused-ring (bicyclic) bond motifs is 2. The SMILES string of the molecule is CC(=O)N1CCc2cc(C(=O)CCl)ccc21.CC(=O)N1CCc2cc(C(=O)CCl)ccc21. The van der Waals surface area contributed by atoms with Gasteiger partial charge in [-0.3, -0.25) is 19.2 Å². The maximum absolute atomic E-state index is 11.4. The molecule has 4 rings (SSSR count). The van der Waals surface area contributed by atoms with Crippen LogP contribution in [0.5, 0.6) is 0 Å². The van der Waals surface area contributed by atoms with E-state index >= 15 is 0 Å². The number of hydrogen-bond donors (Lipinski definition) is 0. The Morgan fingerprint density at radius 3 is 1.41 bits per heavy atom. The van der Waals surface area contributed by atoms with E-state index in [-0.39, 0.29) is 35.1 Å². The van der Waals surface area contributed by atoms with Crippen molar-refractivity contribution < 1.29 is 19.2 Å². The fraction of sp³-hybridized carbons (Fsp3) is 0.333. The molecule has 0 saturated carbocycles. The molecule has 2 aromatic carbocycles. The highest BCUT2D eigenvalue weighted by Crippen LogP contribution is 2.30. The Labute approximate surface area is 197 Å². The number of hydrogen-bond acceptors (Lipinski definition) is 4. The third-order valence-electron chi connectivity index (χ3n) is 5.60. The number of amides is 2. The van der Waals surface area contributed by atoms with Gasteiger partial charge in [0.05, 0.1) is 11.8 Å². The Morgan fingerprint density at radius 1 is 0.719 bits per heavy atom. The number of alkyl halides is 2. The number of nitrogens with zero attached hydrogens (tertiary/aromatic N) is 2. The first-order valence-electron chi connectivity index (χ1n) is 10.3. The molecule has 0 bridgehead atoms. The largest absolute Gasteiger partial charge is 0.312 e. The number of anilines is 2. The predicted octanol–water partition coefficient (Wildman–Crippen LogP) is 4.03. The average Bonchev–Trinajstić information content (AvgIpc) is 3.41. The molecule has 8 heteroatoms. The lowest BCUT2D eigenvalue weighted by molar-refractivity contribution is -0.117. The molecule has 0 radical (unpaired) electrons. The summed E-state index contributed by atoms with van der Waals surface area (Å²) in [6, 6.07) is 10.8. The van der Waals surface area contributed by atoms with E-state index in [0.717, 1.165) is 35.3 Å². The standard InChI is InChI=1S/2C12H12ClNO2/c2*1-8(15)14-5-4-9-6-10(12(16)7-13)2-3-11(9)14/h2*2-3,6H,4-5,7H2,1H3. The van der Waals surface area contributed by atoms with Crippen LogP contribution in [0.15, 0.2) is 36.4 Å². The lowest BCUT2D eigenvalue weighted by atomic mass is 10.1. The normalized spacial score (nSPS) is 13.8. The van der Waals surface area contributed by atoms with Crippen molar-refractivity contribution in [2.24, 2.45) is 0 Å². The van der Waals surface area contributed by atoms with E-state index in [2.05, 4.69) is 0 Å². The highest BCUT2D eigenvalue weighted by Gasteiger charge is 2.23. The van der Waals surface area contributed by atoms with Crippen LogP contribution in [0.4, 0.5) is 11.4 Å². The van der Waals surface area contributed by atoms with E-state index in [1.807, 2.05) is 24.3 Å². The lowest BCUT2D eigenvalue weighted by Crippen LogP contribution is -2.25. The van der Waals surface area contributed by atoms with Crippen molar-refractivity contribution in [3.63, 3.8) is 0 Å². The third kappa shape index (κ3) is 5.03. The summed E-state index contributed by atoms with van der Waals surface area (Å²) in [5.74, 6) is -0.0912. The molecule has 0 saturated heterocycles. The van der Waals surface area contributed by atoms with Gasteiger partial charge in [0, 0.05) is 49.4 Å². The van der Waals surface area contributed by atoms with Gasteiger partial charge in [-0.25, -0.2) is 0 Å². The molecule has 2 heterocycles. The van der Waals surface area contributed by atoms with Crippen molar-refractivity contribution in [1.29, 1.82) is 0 Å². The molecule has 0 aliphatic carbocycles. The van der Waals surface area contributed by atoms with Crippen LogP contribution in [0, 0.1) is 0 Å². The summed E-state index contributed by atoms with van der Waals surface area (Å²) in [4.78, 5) is 48.9. The van der Waals surface area contributed by atoms with Gasteiger partial charge in [0.1, 0.15) is 0 Å². The first kappa shape index (κ1) is 24.0. The van der Waals surface area contributed by atoms with E-state index in [0.29, 0.717) is 24.2 Å². The minimum absolute atomic E-state index is 0.00475. The maximum Gasteiger partial charge on any atom is 0.223 e. The summed E-state index contributed by atoms with van der Waals surface area (Å²) in [5.41, 5.74) is 5.17. The molecule has 2 amide bonds. The van der Waals surface area contributed by atoms with Crippen LogP contribution in [0.2, 0.25) is 0 Å². The van der Waals surface area contributed by atoms with Gasteiger partial charge < -0.3 is 9.80 Å². The van der Waals surface area contributed by atoms with Crippen LogP contribution >= 0.6 is 23.2 Å². The Kier molecular flexibility index (Phi) is 7.69. The summed E-state index contributed by atoms with van der Waals surface area (Å²) in [6.07, 6.45) is 1.61. The smallest absolute Gasteiger partial charge is 0.223 e. The van der Waals surface area contributed by atoms with Crippen molar-refractivity contribution in [3.05, 3.63) is 58.7 Å². The van der Waals surface area contributed by atoms with Crippen molar-refractivity contribution in [3.8, 4) is 0 Å². The topological polar surface area (TPSA) is 74.8 Å². The van der Waals surface area contributed by atoms with Gasteiger partial charge in [-0.15, -0.1) is 23.2 Å². The molecule has 0 fully saturated rings. The van der Waals surface area contributed by atoms with Crippen molar-refractivity contribution in [2.45, 2.75) is 26.7 Å². The van der Waals surface area contributed by atoms with E-state index in [1.54, 1.807) is 35.8 Å². The molecule has 32 heavy (non-hydrogen) atoms. The second-order valence-corrected chi connectivity index (χ2v) is 8.18. The summed E-state index contributed by atoms with van der Waals surface area (Å²) in [7, 11) is 0. The number of carbonyl (C=O) groups excluding carboxylic acids is 4. The number of rotatable bonds is 4. The lowest BCUT2D eigenvalue weighted by Gasteiger charge is -2.14. The van der Waals surface area contributed by atoms with Crippen LogP contribution in [0.1, 0.15) is 45.7 Å². The highest BCUT2D eigenvalue weighted by molar-refractivity contribution is 6.31. The van der Waals surface area contributed by atoms with Gasteiger partial charge in [0.15, 0.2) is 11.6 Å². The second-order valence-electron chi connectivity index (χ2n) is 7.64. The van der Waals surface area contributed by atoms with Crippen LogP contribution in [-0.4, -0.2) is 48.2 Å². The molecule has 0 N–H and O–H groups in total. The quantitative estimate of drug-likeness (QED) is 0.495. The zero-order valence-corrected chi connectivity index (χ0v) is 19.5. The average molecular weight is 475 g/mol. The number of benzene rings is 2. The number of ketones is 2. The number of Topliss-reactive ketones (excluding diaryl/α,β-unsaturated/α-hetero) is 2. The summed E-state index contributed by atoms with van der Waals surface area (Å²) < 4.78 is 0. The Balaban J connectivity index is 0.000000181. The third-order valence-corrected chi connectivity index (χ3v) is 6.08. The molecule has 0 unspecified atom stereocenters. The fourth-order valence-electron chi connectivity index (χ4n) is 3.96. The van der Waals surface area contributed by atoms with Crippen molar-refractivity contribution >= 4 is 58.0 Å². The predicted molar refractivity (Wildman–Crippen MR) is 126 cm³/mol. The number of carbonyl (C=O) groups is 4. The molecular weight excluding hydrogens is 451 g/mol. The fourth-order valence-corrected chi connectivity index (χ4v) is 4.27. The first-order chi connectivity index (χ1) is 15.3. The second kappa shape index (κ2) is 10.3. The van der Waals surface area contributed by atoms with Gasteiger partial charge in [0.2, 0.25) is 11.8 Å². The van der Waals surface area contributed by atoms with Gasteiger partial charge >= 0.3 is 0 Å². The number of halogens is 2. The molecule has 168 valence electrons. The minimum Gasteiger partial charge on any atom is -0.312 e. The molecule has 0 atom stereocenters. The highest BCUT2D eigenvalue weighted by atomic mass is 35.5. The van der Waals surface area contributed by atoms with Gasteiger partial charge in [-0.1, -0.05) is 0 Å². The summed E-state index contributed by atoms with van der Waals surface area (Å²) in [6.45, 7) is 4.49.